The Balaban J connectivity index is 2.14. The smallest absolute Gasteiger partial charge is 0.323 e. The Kier molecular flexibility index (Phi) is 3.82. The molecule has 0 aromatic heterocycles. The summed E-state index contributed by atoms with van der Waals surface area (Å²) in [4.78, 5) is 21.2. The van der Waals surface area contributed by atoms with Gasteiger partial charge in [0.2, 0.25) is 0 Å². The summed E-state index contributed by atoms with van der Waals surface area (Å²) in [6.45, 7) is 0. The summed E-state index contributed by atoms with van der Waals surface area (Å²) in [5.74, 6) is -0.908. The normalized spacial score (nSPS) is 25.4. The van der Waals surface area contributed by atoms with Crippen LogP contribution < -0.4 is 10.5 Å². The fraction of sp³-hybridized carbons (Fsp3) is 0.417. The second kappa shape index (κ2) is 5.26. The molecule has 0 aliphatic heterocycles. The summed E-state index contributed by atoms with van der Waals surface area (Å²) in [5, 5.41) is 20.0. The fourth-order valence-electron chi connectivity index (χ4n) is 2.20. The number of nitro groups is 1. The lowest BCUT2D eigenvalue weighted by molar-refractivity contribution is -0.384. The van der Waals surface area contributed by atoms with Gasteiger partial charge in [0, 0.05) is 12.5 Å². The molecule has 2 atom stereocenters. The molecule has 1 aromatic carbocycles. The van der Waals surface area contributed by atoms with Crippen molar-refractivity contribution in [2.24, 2.45) is 5.73 Å². The predicted molar refractivity (Wildman–Crippen MR) is 70.9 cm³/mol. The standard InChI is InChI=1S/C12H13ClN2O5/c13-9-2-1-7(15(18)19)5-10(9)20-8-3-4-12(14,6-8)11(16)17/h1-2,5,8H,3-4,6,14H2,(H,16,17). The first-order valence-electron chi connectivity index (χ1n) is 5.95. The van der Waals surface area contributed by atoms with E-state index < -0.39 is 22.5 Å². The Hall–Kier alpha value is -1.86. The molecular weight excluding hydrogens is 288 g/mol. The van der Waals surface area contributed by atoms with E-state index in [0.717, 1.165) is 0 Å². The van der Waals surface area contributed by atoms with Crippen molar-refractivity contribution in [1.82, 2.24) is 0 Å². The Labute approximate surface area is 119 Å². The van der Waals surface area contributed by atoms with Crippen LogP contribution in [0.5, 0.6) is 5.75 Å². The van der Waals surface area contributed by atoms with Crippen LogP contribution in [0.3, 0.4) is 0 Å². The molecule has 1 aliphatic rings. The molecular formula is C12H13ClN2O5. The SMILES string of the molecule is NC1(C(=O)O)CCC(Oc2cc([N+](=O)[O-])ccc2Cl)C1. The number of carboxylic acid groups (broad SMARTS) is 1. The molecule has 0 saturated heterocycles. The molecule has 1 aliphatic carbocycles. The fourth-order valence-corrected chi connectivity index (χ4v) is 2.36. The van der Waals surface area contributed by atoms with Gasteiger partial charge in [0.1, 0.15) is 17.4 Å². The number of benzene rings is 1. The van der Waals surface area contributed by atoms with Gasteiger partial charge in [-0.3, -0.25) is 14.9 Å². The summed E-state index contributed by atoms with van der Waals surface area (Å²) < 4.78 is 5.56. The molecule has 20 heavy (non-hydrogen) atoms. The predicted octanol–water partition coefficient (Wildman–Crippen LogP) is 1.96. The number of carbonyl (C=O) groups is 1. The number of halogens is 1. The van der Waals surface area contributed by atoms with Gasteiger partial charge in [-0.15, -0.1) is 0 Å². The number of carboxylic acids is 1. The maximum absolute atomic E-state index is 11.0. The quantitative estimate of drug-likeness (QED) is 0.648. The number of nitrogens with two attached hydrogens (primary N) is 1. The van der Waals surface area contributed by atoms with Crippen molar-refractivity contribution in [3.8, 4) is 5.75 Å². The highest BCUT2D eigenvalue weighted by atomic mass is 35.5. The van der Waals surface area contributed by atoms with Crippen LogP contribution >= 0.6 is 11.6 Å². The minimum atomic E-state index is -1.31. The summed E-state index contributed by atoms with van der Waals surface area (Å²) in [5.41, 5.74) is 4.29. The van der Waals surface area contributed by atoms with Crippen LogP contribution in [0.25, 0.3) is 0 Å². The van der Waals surface area contributed by atoms with Crippen molar-refractivity contribution in [1.29, 1.82) is 0 Å². The Morgan fingerprint density at radius 2 is 2.30 bits per heavy atom. The summed E-state index contributed by atoms with van der Waals surface area (Å²) in [6, 6.07) is 3.87. The highest BCUT2D eigenvalue weighted by Crippen LogP contribution is 2.35. The van der Waals surface area contributed by atoms with E-state index >= 15 is 0 Å². The van der Waals surface area contributed by atoms with Crippen molar-refractivity contribution >= 4 is 23.3 Å². The Morgan fingerprint density at radius 3 is 2.85 bits per heavy atom. The molecule has 108 valence electrons. The lowest BCUT2D eigenvalue weighted by atomic mass is 10.00. The van der Waals surface area contributed by atoms with E-state index in [0.29, 0.717) is 12.8 Å². The molecule has 2 rings (SSSR count). The first-order valence-corrected chi connectivity index (χ1v) is 6.32. The molecule has 1 saturated carbocycles. The van der Waals surface area contributed by atoms with E-state index in [4.69, 9.17) is 27.2 Å². The third-order valence-electron chi connectivity index (χ3n) is 3.35. The van der Waals surface area contributed by atoms with Crippen LogP contribution in [-0.2, 0) is 4.79 Å². The molecule has 7 nitrogen and oxygen atoms in total. The second-order valence-electron chi connectivity index (χ2n) is 4.82. The van der Waals surface area contributed by atoms with E-state index in [2.05, 4.69) is 0 Å². The van der Waals surface area contributed by atoms with Crippen molar-refractivity contribution in [2.45, 2.75) is 30.9 Å². The van der Waals surface area contributed by atoms with E-state index in [1.54, 1.807) is 0 Å². The van der Waals surface area contributed by atoms with Gasteiger partial charge in [0.25, 0.3) is 5.69 Å². The molecule has 2 unspecified atom stereocenters. The van der Waals surface area contributed by atoms with Crippen LogP contribution in [0.2, 0.25) is 5.02 Å². The Morgan fingerprint density at radius 1 is 1.60 bits per heavy atom. The average molecular weight is 301 g/mol. The second-order valence-corrected chi connectivity index (χ2v) is 5.22. The number of non-ortho nitro benzene ring substituents is 1. The van der Waals surface area contributed by atoms with Crippen LogP contribution in [0.15, 0.2) is 18.2 Å². The van der Waals surface area contributed by atoms with Gasteiger partial charge >= 0.3 is 5.97 Å². The van der Waals surface area contributed by atoms with Crippen LogP contribution in [-0.4, -0.2) is 27.6 Å². The molecule has 0 bridgehead atoms. The van der Waals surface area contributed by atoms with Crippen molar-refractivity contribution < 1.29 is 19.6 Å². The van der Waals surface area contributed by atoms with Crippen molar-refractivity contribution in [2.75, 3.05) is 0 Å². The summed E-state index contributed by atoms with van der Waals surface area (Å²) >= 11 is 5.92. The molecule has 0 amide bonds. The molecule has 1 aromatic rings. The van der Waals surface area contributed by atoms with Crippen molar-refractivity contribution in [3.05, 3.63) is 33.3 Å². The number of hydrogen-bond donors (Lipinski definition) is 2. The first kappa shape index (κ1) is 14.5. The zero-order valence-corrected chi connectivity index (χ0v) is 11.2. The molecule has 3 N–H and O–H groups in total. The third-order valence-corrected chi connectivity index (χ3v) is 3.66. The number of hydrogen-bond acceptors (Lipinski definition) is 5. The molecule has 0 heterocycles. The number of nitro benzene ring substituents is 1. The monoisotopic (exact) mass is 300 g/mol. The van der Waals surface area contributed by atoms with Gasteiger partial charge in [0.15, 0.2) is 0 Å². The maximum atomic E-state index is 11.0. The molecule has 1 fully saturated rings. The van der Waals surface area contributed by atoms with Gasteiger partial charge in [-0.2, -0.15) is 0 Å². The largest absolute Gasteiger partial charge is 0.489 e. The van der Waals surface area contributed by atoms with Gasteiger partial charge in [-0.1, -0.05) is 11.6 Å². The number of nitrogens with zero attached hydrogens (tertiary/aromatic N) is 1. The van der Waals surface area contributed by atoms with E-state index in [1.165, 1.54) is 18.2 Å². The lowest BCUT2D eigenvalue weighted by Gasteiger charge is -2.19. The third kappa shape index (κ3) is 2.83. The van der Waals surface area contributed by atoms with Crippen LogP contribution in [0.4, 0.5) is 5.69 Å². The lowest BCUT2D eigenvalue weighted by Crippen LogP contribution is -2.46. The average Bonchev–Trinajstić information content (AvgIpc) is 2.75. The highest BCUT2D eigenvalue weighted by molar-refractivity contribution is 6.32. The topological polar surface area (TPSA) is 116 Å². The molecule has 8 heteroatoms. The van der Waals surface area contributed by atoms with Crippen molar-refractivity contribution in [3.63, 3.8) is 0 Å². The Bertz CT molecular complexity index is 565. The number of ether oxygens (including phenoxy) is 1. The molecule has 0 spiro atoms. The van der Waals surface area contributed by atoms with E-state index in [9.17, 15) is 14.9 Å². The zero-order valence-electron chi connectivity index (χ0n) is 10.4. The van der Waals surface area contributed by atoms with Crippen LogP contribution in [0.1, 0.15) is 19.3 Å². The van der Waals surface area contributed by atoms with E-state index in [-0.39, 0.29) is 22.9 Å². The van der Waals surface area contributed by atoms with Gasteiger partial charge in [0.05, 0.1) is 16.0 Å². The highest BCUT2D eigenvalue weighted by Gasteiger charge is 2.43. The van der Waals surface area contributed by atoms with Crippen LogP contribution in [0, 0.1) is 10.1 Å². The summed E-state index contributed by atoms with van der Waals surface area (Å²) in [6.07, 6.45) is 0.471. The minimum absolute atomic E-state index is 0.139. The first-order chi connectivity index (χ1) is 9.32. The minimum Gasteiger partial charge on any atom is -0.489 e. The van der Waals surface area contributed by atoms with Gasteiger partial charge in [-0.25, -0.2) is 0 Å². The summed E-state index contributed by atoms with van der Waals surface area (Å²) in [7, 11) is 0. The molecule has 0 radical (unpaired) electrons. The maximum Gasteiger partial charge on any atom is 0.323 e. The van der Waals surface area contributed by atoms with Gasteiger partial charge < -0.3 is 15.6 Å². The zero-order chi connectivity index (χ0) is 14.9. The van der Waals surface area contributed by atoms with E-state index in [1.807, 2.05) is 0 Å². The number of aliphatic carboxylic acids is 1. The van der Waals surface area contributed by atoms with Gasteiger partial charge in [-0.05, 0) is 18.9 Å². The number of rotatable bonds is 4.